The summed E-state index contributed by atoms with van der Waals surface area (Å²) < 4.78 is 79.9. The summed E-state index contributed by atoms with van der Waals surface area (Å²) in [5, 5.41) is 14.5. The first-order chi connectivity index (χ1) is 15.4. The number of carbonyl (C=O) groups excluding carboxylic acids is 1. The van der Waals surface area contributed by atoms with Crippen LogP contribution in [-0.2, 0) is 11.0 Å². The summed E-state index contributed by atoms with van der Waals surface area (Å²) in [4.78, 5) is 19.2. The normalized spacial score (nSPS) is 16.8. The molecule has 7 nitrogen and oxygen atoms in total. The number of aliphatic imine (C=N–C) groups is 1. The number of pyridine rings is 1. The number of aliphatic hydroxyl groups excluding tert-OH is 1. The Morgan fingerprint density at radius 1 is 1.21 bits per heavy atom. The summed E-state index contributed by atoms with van der Waals surface area (Å²) in [6.45, 7) is 0. The molecule has 0 aliphatic carbocycles. The van der Waals surface area contributed by atoms with Crippen molar-refractivity contribution in [2.75, 3.05) is 5.32 Å². The third-order valence-corrected chi connectivity index (χ3v) is 4.39. The minimum atomic E-state index is -5.16. The molecule has 13 heteroatoms. The van der Waals surface area contributed by atoms with Crippen LogP contribution in [0.25, 0.3) is 6.08 Å². The van der Waals surface area contributed by atoms with Gasteiger partial charge in [0, 0.05) is 29.2 Å². The average Bonchev–Trinajstić information content (AvgIpc) is 2.73. The van der Waals surface area contributed by atoms with Gasteiger partial charge >= 0.3 is 12.4 Å². The van der Waals surface area contributed by atoms with E-state index in [0.717, 1.165) is 12.3 Å². The van der Waals surface area contributed by atoms with Crippen LogP contribution in [0.1, 0.15) is 23.0 Å². The van der Waals surface area contributed by atoms with Crippen LogP contribution in [0.3, 0.4) is 0 Å². The zero-order chi connectivity index (χ0) is 24.4. The van der Waals surface area contributed by atoms with Gasteiger partial charge in [0.2, 0.25) is 0 Å². The molecule has 1 aromatic heterocycles. The third kappa shape index (κ3) is 5.31. The number of nitrogens with two attached hydrogens (primary N) is 1. The van der Waals surface area contributed by atoms with Gasteiger partial charge in [0.1, 0.15) is 5.69 Å². The summed E-state index contributed by atoms with van der Waals surface area (Å²) in [7, 11) is 0. The lowest BCUT2D eigenvalue weighted by Gasteiger charge is -2.20. The lowest BCUT2D eigenvalue weighted by molar-refractivity contribution is -0.141. The summed E-state index contributed by atoms with van der Waals surface area (Å²) >= 11 is 0. The second-order valence-corrected chi connectivity index (χ2v) is 6.60. The van der Waals surface area contributed by atoms with Crippen LogP contribution >= 0.6 is 0 Å². The summed E-state index contributed by atoms with van der Waals surface area (Å²) in [6.07, 6.45) is -7.37. The Balaban J connectivity index is 2.01. The Morgan fingerprint density at radius 3 is 2.58 bits per heavy atom. The van der Waals surface area contributed by atoms with Crippen LogP contribution in [-0.4, -0.2) is 27.9 Å². The zero-order valence-corrected chi connectivity index (χ0v) is 16.4. The molecule has 33 heavy (non-hydrogen) atoms. The number of carbonyl (C=O) groups is 1. The van der Waals surface area contributed by atoms with Crippen LogP contribution < -0.4 is 16.4 Å². The smallest absolute Gasteiger partial charge is 0.404 e. The number of nitrogens with one attached hydrogen (secondary N) is 2. The van der Waals surface area contributed by atoms with Crippen molar-refractivity contribution in [3.05, 3.63) is 71.3 Å². The fourth-order valence-electron chi connectivity index (χ4n) is 2.92. The SMILES string of the molecule is N/C=C(/C(=O)Nc1ccnc(C(F)(F)F)c1)C(=Nc1cccc2c1C=CNC2O)C(F)(F)F. The number of anilines is 1. The molecule has 0 radical (unpaired) electrons. The molecule has 2 heterocycles. The molecule has 3 rings (SSSR count). The Labute approximate surface area is 182 Å². The number of alkyl halides is 6. The topological polar surface area (TPSA) is 113 Å². The second kappa shape index (κ2) is 8.94. The van der Waals surface area contributed by atoms with E-state index in [2.05, 4.69) is 15.3 Å². The van der Waals surface area contributed by atoms with E-state index in [4.69, 9.17) is 5.73 Å². The van der Waals surface area contributed by atoms with Crippen LogP contribution in [0, 0.1) is 0 Å². The number of aliphatic hydroxyl groups is 1. The van der Waals surface area contributed by atoms with Gasteiger partial charge in [0.25, 0.3) is 5.91 Å². The van der Waals surface area contributed by atoms with E-state index in [9.17, 15) is 36.2 Å². The Hall–Kier alpha value is -3.87. The minimum Gasteiger partial charge on any atom is -0.404 e. The molecule has 0 fully saturated rings. The fraction of sp³-hybridized carbons (Fsp3) is 0.150. The van der Waals surface area contributed by atoms with Gasteiger partial charge in [-0.25, -0.2) is 4.99 Å². The first kappa shape index (κ1) is 23.8. The van der Waals surface area contributed by atoms with Gasteiger partial charge in [-0.2, -0.15) is 26.3 Å². The predicted molar refractivity (Wildman–Crippen MR) is 107 cm³/mol. The highest BCUT2D eigenvalue weighted by molar-refractivity contribution is 6.27. The lowest BCUT2D eigenvalue weighted by Crippen LogP contribution is -2.32. The number of rotatable bonds is 4. The molecule has 2 aromatic rings. The number of hydrogen-bond donors (Lipinski definition) is 4. The maximum Gasteiger partial charge on any atom is 0.434 e. The molecule has 1 aliphatic heterocycles. The van der Waals surface area contributed by atoms with Crippen LogP contribution in [0.2, 0.25) is 0 Å². The van der Waals surface area contributed by atoms with E-state index in [1.54, 1.807) is 0 Å². The number of hydrogen-bond acceptors (Lipinski definition) is 6. The van der Waals surface area contributed by atoms with Gasteiger partial charge in [0.05, 0.1) is 11.3 Å². The molecular weight excluding hydrogens is 456 g/mol. The largest absolute Gasteiger partial charge is 0.434 e. The van der Waals surface area contributed by atoms with Gasteiger partial charge in [-0.05, 0) is 30.5 Å². The lowest BCUT2D eigenvalue weighted by atomic mass is 10.0. The van der Waals surface area contributed by atoms with Crippen molar-refractivity contribution >= 4 is 29.1 Å². The van der Waals surface area contributed by atoms with Gasteiger partial charge < -0.3 is 21.5 Å². The van der Waals surface area contributed by atoms with Crippen LogP contribution in [0.4, 0.5) is 37.7 Å². The number of halogens is 6. The van der Waals surface area contributed by atoms with Crippen molar-refractivity contribution in [1.82, 2.24) is 10.3 Å². The van der Waals surface area contributed by atoms with Crippen molar-refractivity contribution < 1.29 is 36.2 Å². The van der Waals surface area contributed by atoms with Gasteiger partial charge in [-0.15, -0.1) is 0 Å². The number of fused-ring (bicyclic) bond motifs is 1. The molecule has 1 aromatic carbocycles. The molecule has 1 aliphatic rings. The quantitative estimate of drug-likeness (QED) is 0.308. The molecule has 1 amide bonds. The Kier molecular flexibility index (Phi) is 6.44. The summed E-state index contributed by atoms with van der Waals surface area (Å²) in [5.41, 5.74) is 0.888. The Bertz CT molecular complexity index is 1150. The van der Waals surface area contributed by atoms with Crippen LogP contribution in [0.15, 0.2) is 59.5 Å². The maximum absolute atomic E-state index is 13.8. The molecule has 0 bridgehead atoms. The van der Waals surface area contributed by atoms with E-state index >= 15 is 0 Å². The fourth-order valence-corrected chi connectivity index (χ4v) is 2.92. The molecular formula is C20H15F6N5O2. The first-order valence-corrected chi connectivity index (χ1v) is 9.08. The summed E-state index contributed by atoms with van der Waals surface area (Å²) in [6, 6.07) is 5.49. The van der Waals surface area contributed by atoms with E-state index in [1.807, 2.05) is 5.32 Å². The highest BCUT2D eigenvalue weighted by Gasteiger charge is 2.41. The van der Waals surface area contributed by atoms with Crippen LogP contribution in [0.5, 0.6) is 0 Å². The molecule has 1 atom stereocenters. The predicted octanol–water partition coefficient (Wildman–Crippen LogP) is 3.78. The van der Waals surface area contributed by atoms with Crippen molar-refractivity contribution in [3.63, 3.8) is 0 Å². The standard InChI is InChI=1S/C20H15F6N5O2/c21-19(22,23)15-8-10(4-6-28-15)30-18(33)13(9-27)16(20(24,25)26)31-14-3-1-2-12-11(14)5-7-29-17(12)32/h1-9,17,29,32H,27H2,(H,28,30,33)/b13-9+,31-16?. The minimum absolute atomic E-state index is 0.172. The van der Waals surface area contributed by atoms with E-state index in [1.165, 1.54) is 30.5 Å². The third-order valence-electron chi connectivity index (χ3n) is 4.39. The number of amides is 1. The van der Waals surface area contributed by atoms with Crippen molar-refractivity contribution in [1.29, 1.82) is 0 Å². The summed E-state index contributed by atoms with van der Waals surface area (Å²) in [5.74, 6) is -1.44. The Morgan fingerprint density at radius 2 is 1.94 bits per heavy atom. The molecule has 174 valence electrons. The second-order valence-electron chi connectivity index (χ2n) is 6.60. The number of nitrogens with zero attached hydrogens (tertiary/aromatic N) is 2. The van der Waals surface area contributed by atoms with Crippen molar-refractivity contribution in [3.8, 4) is 0 Å². The molecule has 0 saturated carbocycles. The maximum atomic E-state index is 13.8. The van der Waals surface area contributed by atoms with Crippen molar-refractivity contribution in [2.24, 2.45) is 10.7 Å². The van der Waals surface area contributed by atoms with E-state index < -0.39 is 47.2 Å². The average molecular weight is 471 g/mol. The highest BCUT2D eigenvalue weighted by Crippen LogP contribution is 2.34. The monoisotopic (exact) mass is 471 g/mol. The van der Waals surface area contributed by atoms with E-state index in [-0.39, 0.29) is 16.8 Å². The van der Waals surface area contributed by atoms with Gasteiger partial charge in [-0.3, -0.25) is 9.78 Å². The van der Waals surface area contributed by atoms with Gasteiger partial charge in [0.15, 0.2) is 11.9 Å². The highest BCUT2D eigenvalue weighted by atomic mass is 19.4. The first-order valence-electron chi connectivity index (χ1n) is 9.08. The molecule has 0 saturated heterocycles. The van der Waals surface area contributed by atoms with Gasteiger partial charge in [-0.1, -0.05) is 12.1 Å². The molecule has 0 spiro atoms. The number of aromatic nitrogens is 1. The van der Waals surface area contributed by atoms with Crippen molar-refractivity contribution in [2.45, 2.75) is 18.6 Å². The van der Waals surface area contributed by atoms with E-state index in [0.29, 0.717) is 12.3 Å². The zero-order valence-electron chi connectivity index (χ0n) is 16.4. The molecule has 5 N–H and O–H groups in total. The molecule has 1 unspecified atom stereocenters. The number of benzene rings is 1.